The zero-order valence-corrected chi connectivity index (χ0v) is 10.3. The van der Waals surface area contributed by atoms with Crippen molar-refractivity contribution < 1.29 is 4.52 Å². The summed E-state index contributed by atoms with van der Waals surface area (Å²) >= 11 is 0. The van der Waals surface area contributed by atoms with E-state index in [2.05, 4.69) is 27.1 Å². The monoisotopic (exact) mass is 246 g/mol. The molecule has 0 aliphatic heterocycles. The fourth-order valence-corrected chi connectivity index (χ4v) is 2.85. The molecule has 0 aromatic carbocycles. The molecule has 18 heavy (non-hydrogen) atoms. The maximum Gasteiger partial charge on any atom is 0.250 e. The first-order valence-corrected chi connectivity index (χ1v) is 6.53. The molecule has 1 saturated carbocycles. The molecular weight excluding hydrogens is 228 g/mol. The van der Waals surface area contributed by atoms with Gasteiger partial charge in [-0.2, -0.15) is 4.98 Å². The molecular formula is C13H18N4O. The molecule has 1 fully saturated rings. The van der Waals surface area contributed by atoms with E-state index in [9.17, 15) is 0 Å². The van der Waals surface area contributed by atoms with Crippen molar-refractivity contribution >= 4 is 0 Å². The summed E-state index contributed by atoms with van der Waals surface area (Å²) in [5.41, 5.74) is 5.54. The van der Waals surface area contributed by atoms with Gasteiger partial charge < -0.3 is 14.8 Å². The molecule has 3 rings (SSSR count). The average molecular weight is 246 g/mol. The van der Waals surface area contributed by atoms with Crippen LogP contribution >= 0.6 is 0 Å². The predicted molar refractivity (Wildman–Crippen MR) is 66.7 cm³/mol. The molecule has 0 saturated heterocycles. The van der Waals surface area contributed by atoms with Crippen LogP contribution in [0.4, 0.5) is 0 Å². The Morgan fingerprint density at radius 2 is 2.06 bits per heavy atom. The van der Waals surface area contributed by atoms with Crippen molar-refractivity contribution in [2.24, 2.45) is 11.7 Å². The van der Waals surface area contributed by atoms with Crippen LogP contribution in [0.15, 0.2) is 29.0 Å². The number of nitrogens with two attached hydrogens (primary N) is 1. The maximum atomic E-state index is 5.54. The van der Waals surface area contributed by atoms with Crippen molar-refractivity contribution in [2.75, 3.05) is 0 Å². The molecule has 2 aromatic heterocycles. The SMILES string of the molecule is NCc1noc(C(C2CCCC2)n2cccc2)n1. The van der Waals surface area contributed by atoms with Crippen molar-refractivity contribution in [1.29, 1.82) is 0 Å². The fourth-order valence-electron chi connectivity index (χ4n) is 2.85. The molecule has 1 atom stereocenters. The first-order chi connectivity index (χ1) is 8.88. The Bertz CT molecular complexity index is 485. The Balaban J connectivity index is 1.93. The minimum Gasteiger partial charge on any atom is -0.342 e. The minimum absolute atomic E-state index is 0.162. The lowest BCUT2D eigenvalue weighted by Crippen LogP contribution is -2.18. The average Bonchev–Trinajstić information content (AvgIpc) is 3.13. The van der Waals surface area contributed by atoms with Crippen LogP contribution in [-0.2, 0) is 6.54 Å². The quantitative estimate of drug-likeness (QED) is 0.897. The molecule has 1 aliphatic rings. The van der Waals surface area contributed by atoms with E-state index in [1.807, 2.05) is 12.1 Å². The Morgan fingerprint density at radius 3 is 2.67 bits per heavy atom. The summed E-state index contributed by atoms with van der Waals surface area (Å²) in [6.45, 7) is 0.326. The Morgan fingerprint density at radius 1 is 1.33 bits per heavy atom. The lowest BCUT2D eigenvalue weighted by Gasteiger charge is -2.21. The van der Waals surface area contributed by atoms with Crippen molar-refractivity contribution in [3.05, 3.63) is 36.2 Å². The van der Waals surface area contributed by atoms with E-state index in [1.165, 1.54) is 25.7 Å². The highest BCUT2D eigenvalue weighted by Crippen LogP contribution is 2.37. The topological polar surface area (TPSA) is 69.9 Å². The number of nitrogens with zero attached hydrogens (tertiary/aromatic N) is 3. The van der Waals surface area contributed by atoms with Gasteiger partial charge in [-0.3, -0.25) is 0 Å². The lowest BCUT2D eigenvalue weighted by atomic mass is 9.98. The van der Waals surface area contributed by atoms with E-state index in [0.717, 1.165) is 0 Å². The van der Waals surface area contributed by atoms with E-state index >= 15 is 0 Å². The van der Waals surface area contributed by atoms with Crippen molar-refractivity contribution in [2.45, 2.75) is 38.3 Å². The molecule has 2 N–H and O–H groups in total. The van der Waals surface area contributed by atoms with Gasteiger partial charge in [0.2, 0.25) is 5.89 Å². The highest BCUT2D eigenvalue weighted by atomic mass is 16.5. The van der Waals surface area contributed by atoms with Gasteiger partial charge in [0.15, 0.2) is 5.82 Å². The van der Waals surface area contributed by atoms with Crippen LogP contribution in [0.25, 0.3) is 0 Å². The molecule has 0 amide bonds. The zero-order chi connectivity index (χ0) is 12.4. The summed E-state index contributed by atoms with van der Waals surface area (Å²) in [6, 6.07) is 4.22. The van der Waals surface area contributed by atoms with Crippen LogP contribution in [0, 0.1) is 5.92 Å². The second-order valence-electron chi connectivity index (χ2n) is 4.87. The number of aromatic nitrogens is 3. The highest BCUT2D eigenvalue weighted by Gasteiger charge is 2.31. The lowest BCUT2D eigenvalue weighted by molar-refractivity contribution is 0.278. The van der Waals surface area contributed by atoms with Crippen LogP contribution in [0.5, 0.6) is 0 Å². The van der Waals surface area contributed by atoms with E-state index in [-0.39, 0.29) is 6.04 Å². The molecule has 1 unspecified atom stereocenters. The molecule has 0 spiro atoms. The van der Waals surface area contributed by atoms with Gasteiger partial charge in [-0.1, -0.05) is 18.0 Å². The Hall–Kier alpha value is -1.62. The van der Waals surface area contributed by atoms with Gasteiger partial charge in [-0.05, 0) is 30.9 Å². The first kappa shape index (κ1) is 11.5. The third kappa shape index (κ3) is 2.06. The minimum atomic E-state index is 0.162. The normalized spacial score (nSPS) is 18.3. The highest BCUT2D eigenvalue weighted by molar-refractivity contribution is 5.04. The van der Waals surface area contributed by atoms with Gasteiger partial charge in [0.05, 0.1) is 6.54 Å². The summed E-state index contributed by atoms with van der Waals surface area (Å²) < 4.78 is 7.56. The van der Waals surface area contributed by atoms with Crippen LogP contribution in [0.2, 0.25) is 0 Å². The molecule has 1 aliphatic carbocycles. The summed E-state index contributed by atoms with van der Waals surface area (Å²) in [5.74, 6) is 1.86. The molecule has 2 aromatic rings. The summed E-state index contributed by atoms with van der Waals surface area (Å²) in [7, 11) is 0. The molecule has 0 radical (unpaired) electrons. The van der Waals surface area contributed by atoms with Gasteiger partial charge in [-0.25, -0.2) is 0 Å². The Labute approximate surface area is 106 Å². The van der Waals surface area contributed by atoms with E-state index < -0.39 is 0 Å². The van der Waals surface area contributed by atoms with Crippen LogP contribution in [0.1, 0.15) is 43.4 Å². The second-order valence-corrected chi connectivity index (χ2v) is 4.87. The van der Waals surface area contributed by atoms with Crippen molar-refractivity contribution in [1.82, 2.24) is 14.7 Å². The molecule has 5 heteroatoms. The van der Waals surface area contributed by atoms with Gasteiger partial charge in [0.25, 0.3) is 0 Å². The molecule has 96 valence electrons. The van der Waals surface area contributed by atoms with E-state index in [0.29, 0.717) is 24.2 Å². The first-order valence-electron chi connectivity index (χ1n) is 6.53. The van der Waals surface area contributed by atoms with E-state index in [4.69, 9.17) is 10.3 Å². The smallest absolute Gasteiger partial charge is 0.250 e. The fraction of sp³-hybridized carbons (Fsp3) is 0.538. The third-order valence-corrected chi connectivity index (χ3v) is 3.71. The van der Waals surface area contributed by atoms with Crippen LogP contribution in [0.3, 0.4) is 0 Å². The second kappa shape index (κ2) is 4.94. The van der Waals surface area contributed by atoms with Gasteiger partial charge in [0, 0.05) is 12.4 Å². The van der Waals surface area contributed by atoms with Crippen molar-refractivity contribution in [3.63, 3.8) is 0 Å². The van der Waals surface area contributed by atoms with Gasteiger partial charge in [0.1, 0.15) is 6.04 Å². The molecule has 5 nitrogen and oxygen atoms in total. The number of hydrogen-bond donors (Lipinski definition) is 1. The van der Waals surface area contributed by atoms with E-state index in [1.54, 1.807) is 0 Å². The third-order valence-electron chi connectivity index (χ3n) is 3.71. The largest absolute Gasteiger partial charge is 0.342 e. The standard InChI is InChI=1S/C13H18N4O/c14-9-11-15-13(18-16-11)12(10-5-1-2-6-10)17-7-3-4-8-17/h3-4,7-8,10,12H,1-2,5-6,9,14H2. The summed E-state index contributed by atoms with van der Waals surface area (Å²) in [5, 5.41) is 3.91. The Kier molecular flexibility index (Phi) is 3.15. The summed E-state index contributed by atoms with van der Waals surface area (Å²) in [4.78, 5) is 4.41. The number of rotatable bonds is 4. The van der Waals surface area contributed by atoms with Gasteiger partial charge in [-0.15, -0.1) is 0 Å². The molecule has 2 heterocycles. The maximum absolute atomic E-state index is 5.54. The zero-order valence-electron chi connectivity index (χ0n) is 10.3. The van der Waals surface area contributed by atoms with Crippen LogP contribution in [-0.4, -0.2) is 14.7 Å². The van der Waals surface area contributed by atoms with Crippen molar-refractivity contribution in [3.8, 4) is 0 Å². The summed E-state index contributed by atoms with van der Waals surface area (Å²) in [6.07, 6.45) is 9.16. The van der Waals surface area contributed by atoms with Crippen LogP contribution < -0.4 is 5.73 Å². The molecule has 0 bridgehead atoms. The predicted octanol–water partition coefficient (Wildman–Crippen LogP) is 2.11. The van der Waals surface area contributed by atoms with Gasteiger partial charge >= 0.3 is 0 Å². The number of hydrogen-bond acceptors (Lipinski definition) is 4.